The largest absolute Gasteiger partial charge is 0.328 e. The Labute approximate surface area is 98.7 Å². The molecule has 0 atom stereocenters. The van der Waals surface area contributed by atoms with Crippen molar-refractivity contribution in [3.05, 3.63) is 32.6 Å². The highest BCUT2D eigenvalue weighted by molar-refractivity contribution is 5.21. The van der Waals surface area contributed by atoms with E-state index in [1.807, 2.05) is 0 Å². The highest BCUT2D eigenvalue weighted by Gasteiger charge is 2.35. The predicted molar refractivity (Wildman–Crippen MR) is 62.6 cm³/mol. The molecule has 0 unspecified atom stereocenters. The molecule has 17 heavy (non-hydrogen) atoms. The lowest BCUT2D eigenvalue weighted by Crippen LogP contribution is -2.40. The molecule has 90 valence electrons. The summed E-state index contributed by atoms with van der Waals surface area (Å²) in [7, 11) is 0. The first-order valence-electron chi connectivity index (χ1n) is 5.84. The van der Waals surface area contributed by atoms with E-state index in [-0.39, 0.29) is 11.0 Å². The lowest BCUT2D eigenvalue weighted by atomic mass is 9.67. The van der Waals surface area contributed by atoms with Gasteiger partial charge in [0, 0.05) is 12.7 Å². The van der Waals surface area contributed by atoms with Crippen LogP contribution in [0.15, 0.2) is 15.8 Å². The molecule has 1 aromatic heterocycles. The number of H-pyrrole nitrogens is 1. The van der Waals surface area contributed by atoms with Gasteiger partial charge in [-0.2, -0.15) is 5.26 Å². The maximum Gasteiger partial charge on any atom is 0.328 e. The highest BCUT2D eigenvalue weighted by atomic mass is 16.2. The molecule has 2 rings (SSSR count). The summed E-state index contributed by atoms with van der Waals surface area (Å²) in [6, 6.07) is 1.80. The van der Waals surface area contributed by atoms with E-state index >= 15 is 0 Å². The smallest absolute Gasteiger partial charge is 0.299 e. The topological polar surface area (TPSA) is 78.7 Å². The van der Waals surface area contributed by atoms with Crippen LogP contribution in [0.25, 0.3) is 0 Å². The van der Waals surface area contributed by atoms with Gasteiger partial charge < -0.3 is 0 Å². The summed E-state index contributed by atoms with van der Waals surface area (Å²) in [6.45, 7) is 2.70. The maximum atomic E-state index is 11.6. The lowest BCUT2D eigenvalue weighted by molar-refractivity contribution is 0.0981. The van der Waals surface area contributed by atoms with Crippen LogP contribution >= 0.6 is 0 Å². The Morgan fingerprint density at radius 2 is 2.24 bits per heavy atom. The lowest BCUT2D eigenvalue weighted by Gasteiger charge is -2.41. The molecule has 1 saturated carbocycles. The number of aromatic amines is 1. The van der Waals surface area contributed by atoms with Gasteiger partial charge in [-0.05, 0) is 24.7 Å². The number of aromatic nitrogens is 2. The van der Waals surface area contributed by atoms with Crippen molar-refractivity contribution in [3.63, 3.8) is 0 Å². The van der Waals surface area contributed by atoms with E-state index in [0.717, 1.165) is 19.3 Å². The van der Waals surface area contributed by atoms with Gasteiger partial charge in [-0.1, -0.05) is 13.3 Å². The third-order valence-electron chi connectivity index (χ3n) is 3.80. The van der Waals surface area contributed by atoms with Crippen molar-refractivity contribution in [1.29, 1.82) is 5.26 Å². The summed E-state index contributed by atoms with van der Waals surface area (Å²) in [4.78, 5) is 25.1. The number of rotatable bonds is 3. The molecule has 0 aromatic carbocycles. The van der Waals surface area contributed by atoms with Crippen LogP contribution in [0.2, 0.25) is 0 Å². The minimum atomic E-state index is -0.604. The van der Waals surface area contributed by atoms with E-state index in [2.05, 4.69) is 11.9 Å². The fourth-order valence-corrected chi connectivity index (χ4v) is 2.37. The normalized spacial score (nSPS) is 17.2. The van der Waals surface area contributed by atoms with Crippen LogP contribution < -0.4 is 11.2 Å². The fraction of sp³-hybridized carbons (Fsp3) is 0.583. The van der Waals surface area contributed by atoms with E-state index in [1.54, 1.807) is 6.07 Å². The predicted octanol–water partition coefficient (Wildman–Crippen LogP) is 0.989. The number of nitrogens with one attached hydrogen (secondary N) is 1. The van der Waals surface area contributed by atoms with Crippen molar-refractivity contribution in [2.24, 2.45) is 5.41 Å². The van der Waals surface area contributed by atoms with Gasteiger partial charge in [0.2, 0.25) is 0 Å². The molecule has 0 bridgehead atoms. The number of nitriles is 1. The molecule has 1 aliphatic rings. The minimum absolute atomic E-state index is 0.00447. The Morgan fingerprint density at radius 3 is 2.71 bits per heavy atom. The van der Waals surface area contributed by atoms with Gasteiger partial charge in [0.15, 0.2) is 0 Å². The third-order valence-corrected chi connectivity index (χ3v) is 3.80. The van der Waals surface area contributed by atoms with E-state index in [0.29, 0.717) is 6.54 Å². The zero-order chi connectivity index (χ0) is 12.5. The molecule has 1 N–H and O–H groups in total. The van der Waals surface area contributed by atoms with Gasteiger partial charge in [0.05, 0.1) is 0 Å². The van der Waals surface area contributed by atoms with Crippen LogP contribution in [0.3, 0.4) is 0 Å². The summed E-state index contributed by atoms with van der Waals surface area (Å²) in [5.74, 6) is 0. The molecule has 5 heteroatoms. The molecule has 1 aromatic rings. The van der Waals surface area contributed by atoms with Crippen LogP contribution in [-0.2, 0) is 6.54 Å². The Hall–Kier alpha value is -1.83. The molecule has 0 aliphatic heterocycles. The minimum Gasteiger partial charge on any atom is -0.299 e. The Kier molecular flexibility index (Phi) is 2.88. The maximum absolute atomic E-state index is 11.6. The molecule has 0 radical (unpaired) electrons. The molecule has 1 aliphatic carbocycles. The van der Waals surface area contributed by atoms with Crippen LogP contribution in [0.1, 0.15) is 38.2 Å². The third kappa shape index (κ3) is 2.03. The average molecular weight is 233 g/mol. The second-order valence-electron chi connectivity index (χ2n) is 4.75. The summed E-state index contributed by atoms with van der Waals surface area (Å²) in [5, 5.41) is 8.78. The van der Waals surface area contributed by atoms with Gasteiger partial charge in [0.25, 0.3) is 5.56 Å². The highest BCUT2D eigenvalue weighted by Crippen LogP contribution is 2.44. The number of hydrogen-bond acceptors (Lipinski definition) is 3. The number of hydrogen-bond donors (Lipinski definition) is 1. The summed E-state index contributed by atoms with van der Waals surface area (Å²) < 4.78 is 1.46. The van der Waals surface area contributed by atoms with Crippen LogP contribution in [0.5, 0.6) is 0 Å². The van der Waals surface area contributed by atoms with Crippen LogP contribution in [-0.4, -0.2) is 9.55 Å². The van der Waals surface area contributed by atoms with Crippen molar-refractivity contribution < 1.29 is 0 Å². The first-order chi connectivity index (χ1) is 8.10. The first kappa shape index (κ1) is 11.6. The molecule has 1 heterocycles. The summed E-state index contributed by atoms with van der Waals surface area (Å²) >= 11 is 0. The summed E-state index contributed by atoms with van der Waals surface area (Å²) in [5.41, 5.74) is -0.855. The Bertz CT molecular complexity index is 567. The standard InChI is InChI=1S/C12H15N3O2/c1-2-12(4-3-5-12)8-15-7-9(6-13)10(16)14-11(15)17/h7H,2-5,8H2,1H3,(H,14,16,17). The van der Waals surface area contributed by atoms with Gasteiger partial charge in [-0.25, -0.2) is 4.79 Å². The van der Waals surface area contributed by atoms with Crippen LogP contribution in [0.4, 0.5) is 0 Å². The number of nitrogens with zero attached hydrogens (tertiary/aromatic N) is 2. The molecule has 0 saturated heterocycles. The van der Waals surface area contributed by atoms with Crippen molar-refractivity contribution in [1.82, 2.24) is 9.55 Å². The van der Waals surface area contributed by atoms with E-state index in [9.17, 15) is 9.59 Å². The van der Waals surface area contributed by atoms with Gasteiger partial charge in [-0.3, -0.25) is 14.3 Å². The van der Waals surface area contributed by atoms with Crippen molar-refractivity contribution in [2.45, 2.75) is 39.2 Å². The van der Waals surface area contributed by atoms with Crippen molar-refractivity contribution >= 4 is 0 Å². The molecule has 5 nitrogen and oxygen atoms in total. The Balaban J connectivity index is 2.37. The zero-order valence-corrected chi connectivity index (χ0v) is 9.82. The fourth-order valence-electron chi connectivity index (χ4n) is 2.37. The molecular weight excluding hydrogens is 218 g/mol. The Morgan fingerprint density at radius 1 is 1.53 bits per heavy atom. The molecule has 0 amide bonds. The van der Waals surface area contributed by atoms with E-state index < -0.39 is 11.2 Å². The molecular formula is C12H15N3O2. The van der Waals surface area contributed by atoms with Crippen molar-refractivity contribution in [3.8, 4) is 6.07 Å². The zero-order valence-electron chi connectivity index (χ0n) is 9.82. The monoisotopic (exact) mass is 233 g/mol. The molecule has 1 fully saturated rings. The van der Waals surface area contributed by atoms with Gasteiger partial charge >= 0.3 is 5.69 Å². The summed E-state index contributed by atoms with van der Waals surface area (Å²) in [6.07, 6.45) is 5.79. The van der Waals surface area contributed by atoms with E-state index in [1.165, 1.54) is 17.2 Å². The second-order valence-corrected chi connectivity index (χ2v) is 4.75. The quantitative estimate of drug-likeness (QED) is 0.845. The van der Waals surface area contributed by atoms with Crippen molar-refractivity contribution in [2.75, 3.05) is 0 Å². The van der Waals surface area contributed by atoms with Gasteiger partial charge in [-0.15, -0.1) is 0 Å². The average Bonchev–Trinajstić information content (AvgIpc) is 2.26. The van der Waals surface area contributed by atoms with Crippen LogP contribution in [0, 0.1) is 16.7 Å². The van der Waals surface area contributed by atoms with Gasteiger partial charge in [0.1, 0.15) is 11.6 Å². The second kappa shape index (κ2) is 4.21. The molecule has 0 spiro atoms. The first-order valence-corrected chi connectivity index (χ1v) is 5.84. The SMILES string of the molecule is CCC1(Cn2cc(C#N)c(=O)[nH]c2=O)CCC1. The van der Waals surface area contributed by atoms with E-state index in [4.69, 9.17) is 5.26 Å².